The van der Waals surface area contributed by atoms with Crippen LogP contribution in [0, 0.1) is 11.3 Å². The van der Waals surface area contributed by atoms with E-state index in [0.29, 0.717) is 11.5 Å². The van der Waals surface area contributed by atoms with Crippen LogP contribution in [0.2, 0.25) is 0 Å². The Morgan fingerprint density at radius 3 is 2.44 bits per heavy atom. The van der Waals surface area contributed by atoms with E-state index in [1.54, 1.807) is 0 Å². The third-order valence-electron chi connectivity index (χ3n) is 3.29. The fourth-order valence-electron chi connectivity index (χ4n) is 2.77. The monoisotopic (exact) mass is 253 g/mol. The molecule has 0 aliphatic carbocycles. The van der Waals surface area contributed by atoms with Crippen LogP contribution < -0.4 is 5.32 Å². The lowest BCUT2D eigenvalue weighted by Crippen LogP contribution is -2.32. The molecule has 0 fully saturated rings. The van der Waals surface area contributed by atoms with Crippen LogP contribution in [-0.2, 0) is 0 Å². The van der Waals surface area contributed by atoms with Crippen molar-refractivity contribution in [2.75, 3.05) is 6.54 Å². The summed E-state index contributed by atoms with van der Waals surface area (Å²) in [7, 11) is 0. The van der Waals surface area contributed by atoms with Crippen molar-refractivity contribution in [3.05, 3.63) is 12.7 Å². The smallest absolute Gasteiger partial charge is 0.00697 e. The first-order valence-electron chi connectivity index (χ1n) is 7.73. The summed E-state index contributed by atoms with van der Waals surface area (Å²) < 4.78 is 0. The van der Waals surface area contributed by atoms with E-state index >= 15 is 0 Å². The summed E-state index contributed by atoms with van der Waals surface area (Å²) in [6.07, 6.45) is 9.61. The zero-order valence-corrected chi connectivity index (χ0v) is 13.4. The molecule has 0 saturated heterocycles. The van der Waals surface area contributed by atoms with Gasteiger partial charge in [-0.3, -0.25) is 0 Å². The van der Waals surface area contributed by atoms with Gasteiger partial charge in [0.05, 0.1) is 0 Å². The molecule has 0 aliphatic heterocycles. The van der Waals surface area contributed by atoms with Crippen molar-refractivity contribution in [2.24, 2.45) is 11.3 Å². The third-order valence-corrected chi connectivity index (χ3v) is 3.29. The molecular formula is C17H35N. The summed E-state index contributed by atoms with van der Waals surface area (Å²) in [6.45, 7) is 16.6. The average molecular weight is 253 g/mol. The van der Waals surface area contributed by atoms with Crippen molar-refractivity contribution >= 4 is 0 Å². The minimum Gasteiger partial charge on any atom is -0.314 e. The summed E-state index contributed by atoms with van der Waals surface area (Å²) in [5.41, 5.74) is 0.454. The zero-order chi connectivity index (χ0) is 14.0. The van der Waals surface area contributed by atoms with Crippen LogP contribution >= 0.6 is 0 Å². The molecule has 0 aromatic rings. The molecule has 1 nitrogen and oxygen atoms in total. The quantitative estimate of drug-likeness (QED) is 0.418. The van der Waals surface area contributed by atoms with Gasteiger partial charge in [-0.05, 0) is 56.4 Å². The lowest BCUT2D eigenvalue weighted by molar-refractivity contribution is 0.269. The largest absolute Gasteiger partial charge is 0.314 e. The Morgan fingerprint density at radius 1 is 1.28 bits per heavy atom. The summed E-state index contributed by atoms with van der Waals surface area (Å²) >= 11 is 0. The standard InChI is InChI=1S/C17H35N/c1-7-9-10-11-16(18-12-8-2)13-15(3)14-17(4,5)6/h7,15-16,18H,1,8-14H2,2-6H3. The van der Waals surface area contributed by atoms with Gasteiger partial charge in [-0.15, -0.1) is 6.58 Å². The van der Waals surface area contributed by atoms with E-state index in [4.69, 9.17) is 0 Å². The highest BCUT2D eigenvalue weighted by Gasteiger charge is 2.18. The van der Waals surface area contributed by atoms with Gasteiger partial charge in [0, 0.05) is 6.04 Å². The predicted octanol–water partition coefficient (Wildman–Crippen LogP) is 5.17. The molecule has 1 N–H and O–H groups in total. The van der Waals surface area contributed by atoms with E-state index in [1.807, 2.05) is 6.08 Å². The van der Waals surface area contributed by atoms with E-state index in [9.17, 15) is 0 Å². The Bertz CT molecular complexity index is 202. The van der Waals surface area contributed by atoms with Gasteiger partial charge >= 0.3 is 0 Å². The van der Waals surface area contributed by atoms with Crippen molar-refractivity contribution in [3.63, 3.8) is 0 Å². The maximum absolute atomic E-state index is 3.81. The summed E-state index contributed by atoms with van der Waals surface area (Å²) in [6, 6.07) is 0.697. The second-order valence-corrected chi connectivity index (χ2v) is 6.98. The minimum absolute atomic E-state index is 0.454. The second-order valence-electron chi connectivity index (χ2n) is 6.98. The Labute approximate surface area is 115 Å². The molecule has 0 rings (SSSR count). The Morgan fingerprint density at radius 2 is 1.94 bits per heavy atom. The molecule has 0 heterocycles. The summed E-state index contributed by atoms with van der Waals surface area (Å²) in [5, 5.41) is 3.71. The van der Waals surface area contributed by atoms with E-state index in [2.05, 4.69) is 46.5 Å². The predicted molar refractivity (Wildman–Crippen MR) is 84.0 cm³/mol. The van der Waals surface area contributed by atoms with Gasteiger partial charge in [0.25, 0.3) is 0 Å². The molecular weight excluding hydrogens is 218 g/mol. The first-order valence-corrected chi connectivity index (χ1v) is 7.73. The van der Waals surface area contributed by atoms with Crippen molar-refractivity contribution in [2.45, 2.75) is 79.2 Å². The maximum atomic E-state index is 3.81. The van der Waals surface area contributed by atoms with Crippen molar-refractivity contribution in [1.29, 1.82) is 0 Å². The van der Waals surface area contributed by atoms with Gasteiger partial charge in [0.15, 0.2) is 0 Å². The van der Waals surface area contributed by atoms with Crippen LogP contribution in [0.5, 0.6) is 0 Å². The van der Waals surface area contributed by atoms with Crippen molar-refractivity contribution in [1.82, 2.24) is 5.32 Å². The van der Waals surface area contributed by atoms with Crippen LogP contribution in [0.4, 0.5) is 0 Å². The van der Waals surface area contributed by atoms with E-state index < -0.39 is 0 Å². The molecule has 0 amide bonds. The zero-order valence-electron chi connectivity index (χ0n) is 13.4. The molecule has 0 radical (unpaired) electrons. The van der Waals surface area contributed by atoms with Crippen LogP contribution in [0.3, 0.4) is 0 Å². The SMILES string of the molecule is C=CCCCC(CC(C)CC(C)(C)C)NCCC. The number of allylic oxidation sites excluding steroid dienone is 1. The highest BCUT2D eigenvalue weighted by molar-refractivity contribution is 4.75. The van der Waals surface area contributed by atoms with Gasteiger partial charge < -0.3 is 5.32 Å². The number of hydrogen-bond donors (Lipinski definition) is 1. The molecule has 108 valence electrons. The lowest BCUT2D eigenvalue weighted by atomic mass is 9.82. The molecule has 18 heavy (non-hydrogen) atoms. The summed E-state index contributed by atoms with van der Waals surface area (Å²) in [4.78, 5) is 0. The van der Waals surface area contributed by atoms with Crippen LogP contribution in [-0.4, -0.2) is 12.6 Å². The van der Waals surface area contributed by atoms with Gasteiger partial charge in [0.2, 0.25) is 0 Å². The molecule has 0 aromatic heterocycles. The highest BCUT2D eigenvalue weighted by atomic mass is 14.9. The van der Waals surface area contributed by atoms with Gasteiger partial charge in [0.1, 0.15) is 0 Å². The Kier molecular flexibility index (Phi) is 9.45. The lowest BCUT2D eigenvalue weighted by Gasteiger charge is -2.27. The van der Waals surface area contributed by atoms with E-state index in [1.165, 1.54) is 32.1 Å². The molecule has 0 saturated carbocycles. The fourth-order valence-corrected chi connectivity index (χ4v) is 2.77. The molecule has 0 bridgehead atoms. The summed E-state index contributed by atoms with van der Waals surface area (Å²) in [5.74, 6) is 0.808. The fraction of sp³-hybridized carbons (Fsp3) is 0.882. The Hall–Kier alpha value is -0.300. The molecule has 2 atom stereocenters. The van der Waals surface area contributed by atoms with Crippen molar-refractivity contribution in [3.8, 4) is 0 Å². The first kappa shape index (κ1) is 17.7. The van der Waals surface area contributed by atoms with Crippen LogP contribution in [0.25, 0.3) is 0 Å². The molecule has 0 aliphatic rings. The topological polar surface area (TPSA) is 12.0 Å². The number of rotatable bonds is 10. The Balaban J connectivity index is 4.07. The first-order chi connectivity index (χ1) is 8.39. The van der Waals surface area contributed by atoms with E-state index in [-0.39, 0.29) is 0 Å². The number of nitrogens with one attached hydrogen (secondary N) is 1. The van der Waals surface area contributed by atoms with Gasteiger partial charge in [-0.1, -0.05) is 40.7 Å². The number of hydrogen-bond acceptors (Lipinski definition) is 1. The van der Waals surface area contributed by atoms with Crippen LogP contribution in [0.15, 0.2) is 12.7 Å². The normalized spacial score (nSPS) is 15.4. The second kappa shape index (κ2) is 9.61. The third kappa shape index (κ3) is 10.8. The van der Waals surface area contributed by atoms with Gasteiger partial charge in [-0.25, -0.2) is 0 Å². The van der Waals surface area contributed by atoms with Gasteiger partial charge in [-0.2, -0.15) is 0 Å². The van der Waals surface area contributed by atoms with Crippen molar-refractivity contribution < 1.29 is 0 Å². The molecule has 0 spiro atoms. The maximum Gasteiger partial charge on any atom is 0.00697 e. The average Bonchev–Trinajstić information content (AvgIpc) is 2.23. The highest BCUT2D eigenvalue weighted by Crippen LogP contribution is 2.27. The number of unbranched alkanes of at least 4 members (excludes halogenated alkanes) is 1. The molecule has 0 aromatic carbocycles. The molecule has 2 unspecified atom stereocenters. The minimum atomic E-state index is 0.454. The van der Waals surface area contributed by atoms with Crippen LogP contribution in [0.1, 0.15) is 73.1 Å². The molecule has 1 heteroatoms. The van der Waals surface area contributed by atoms with E-state index in [0.717, 1.165) is 18.9 Å².